The van der Waals surface area contributed by atoms with Crippen molar-refractivity contribution in [2.75, 3.05) is 13.2 Å². The minimum absolute atomic E-state index is 0.0952. The van der Waals surface area contributed by atoms with E-state index in [9.17, 15) is 13.7 Å². The highest BCUT2D eigenvalue weighted by Gasteiger charge is 2.34. The number of nitrogens with one attached hydrogen (secondary N) is 1. The van der Waals surface area contributed by atoms with E-state index in [1.165, 1.54) is 0 Å². The zero-order valence-electron chi connectivity index (χ0n) is 15.5. The Labute approximate surface area is 160 Å². The molecule has 0 saturated heterocycles. The average Bonchev–Trinajstić information content (AvgIpc) is 2.67. The lowest BCUT2D eigenvalue weighted by molar-refractivity contribution is 0.236. The Bertz CT molecular complexity index is 861. The van der Waals surface area contributed by atoms with E-state index in [4.69, 9.17) is 9.47 Å². The van der Waals surface area contributed by atoms with E-state index in [2.05, 4.69) is 10.8 Å². The highest BCUT2D eigenvalue weighted by Crippen LogP contribution is 2.20. The highest BCUT2D eigenvalue weighted by atomic mass is 32.2. The first-order chi connectivity index (χ1) is 12.9. The summed E-state index contributed by atoms with van der Waals surface area (Å²) in [6.45, 7) is 4.11. The molecular formula is C20H24N2O4S. The van der Waals surface area contributed by atoms with Gasteiger partial charge in [0.05, 0.1) is 18.4 Å². The Morgan fingerprint density at radius 3 is 2.11 bits per heavy atom. The molecule has 0 aliphatic rings. The van der Waals surface area contributed by atoms with Crippen LogP contribution < -0.4 is 14.2 Å². The van der Waals surface area contributed by atoms with Crippen molar-refractivity contribution in [1.29, 1.82) is 5.26 Å². The van der Waals surface area contributed by atoms with Gasteiger partial charge in [-0.2, -0.15) is 9.98 Å². The number of rotatable bonds is 10. The molecule has 6 nitrogen and oxygen atoms in total. The largest absolute Gasteiger partial charge is 0.494 e. The Hall–Kier alpha value is -2.56. The van der Waals surface area contributed by atoms with E-state index in [1.54, 1.807) is 55.5 Å². The SMILES string of the molecule is CCOc1ccc(OCC(C#N)(CC)NS(=O)(=O)Cc2ccccc2)cc1. The summed E-state index contributed by atoms with van der Waals surface area (Å²) in [7, 11) is -3.71. The van der Waals surface area contributed by atoms with Crippen LogP contribution in [0.1, 0.15) is 25.8 Å². The molecule has 0 spiro atoms. The third kappa shape index (κ3) is 6.27. The third-order valence-electron chi connectivity index (χ3n) is 3.99. The van der Waals surface area contributed by atoms with Gasteiger partial charge in [0.15, 0.2) is 5.54 Å². The summed E-state index contributed by atoms with van der Waals surface area (Å²) in [6, 6.07) is 17.9. The number of hydrogen-bond acceptors (Lipinski definition) is 5. The predicted molar refractivity (Wildman–Crippen MR) is 104 cm³/mol. The molecule has 0 heterocycles. The van der Waals surface area contributed by atoms with Gasteiger partial charge in [0.2, 0.25) is 10.0 Å². The number of hydrogen-bond donors (Lipinski definition) is 1. The molecule has 27 heavy (non-hydrogen) atoms. The molecule has 0 fully saturated rings. The van der Waals surface area contributed by atoms with Crippen LogP contribution in [-0.4, -0.2) is 27.2 Å². The Balaban J connectivity index is 2.06. The van der Waals surface area contributed by atoms with Gasteiger partial charge in [0.25, 0.3) is 0 Å². The minimum atomic E-state index is -3.71. The lowest BCUT2D eigenvalue weighted by atomic mass is 10.0. The number of sulfonamides is 1. The van der Waals surface area contributed by atoms with E-state index >= 15 is 0 Å². The molecular weight excluding hydrogens is 364 g/mol. The molecule has 144 valence electrons. The number of nitriles is 1. The van der Waals surface area contributed by atoms with Crippen molar-refractivity contribution in [1.82, 2.24) is 4.72 Å². The summed E-state index contributed by atoms with van der Waals surface area (Å²) in [5.74, 6) is 1.06. The molecule has 0 radical (unpaired) electrons. The zero-order valence-corrected chi connectivity index (χ0v) is 16.3. The topological polar surface area (TPSA) is 88.4 Å². The van der Waals surface area contributed by atoms with Gasteiger partial charge in [-0.15, -0.1) is 0 Å². The molecule has 7 heteroatoms. The van der Waals surface area contributed by atoms with Gasteiger partial charge in [-0.05, 0) is 43.2 Å². The van der Waals surface area contributed by atoms with E-state index in [-0.39, 0.29) is 18.8 Å². The molecule has 2 rings (SSSR count). The summed E-state index contributed by atoms with van der Waals surface area (Å²) < 4.78 is 38.6. The predicted octanol–water partition coefficient (Wildman–Crippen LogP) is 3.26. The Kier molecular flexibility index (Phi) is 7.22. The first kappa shape index (κ1) is 20.7. The molecule has 0 amide bonds. The lowest BCUT2D eigenvalue weighted by Gasteiger charge is -2.26. The summed E-state index contributed by atoms with van der Waals surface area (Å²) in [4.78, 5) is 0. The van der Waals surface area contributed by atoms with Gasteiger partial charge in [-0.1, -0.05) is 37.3 Å². The maximum absolute atomic E-state index is 12.5. The van der Waals surface area contributed by atoms with Crippen molar-refractivity contribution in [2.24, 2.45) is 0 Å². The Morgan fingerprint density at radius 2 is 1.59 bits per heavy atom. The molecule has 0 aromatic heterocycles. The van der Waals surface area contributed by atoms with E-state index in [0.29, 0.717) is 17.9 Å². The number of benzene rings is 2. The van der Waals surface area contributed by atoms with Gasteiger partial charge in [0.1, 0.15) is 18.1 Å². The van der Waals surface area contributed by atoms with Crippen LogP contribution in [0.4, 0.5) is 0 Å². The smallest absolute Gasteiger partial charge is 0.217 e. The number of ether oxygens (including phenoxy) is 2. The maximum Gasteiger partial charge on any atom is 0.217 e. The van der Waals surface area contributed by atoms with Crippen LogP contribution in [0.25, 0.3) is 0 Å². The zero-order chi connectivity index (χ0) is 19.8. The van der Waals surface area contributed by atoms with Crippen molar-refractivity contribution in [2.45, 2.75) is 31.6 Å². The second-order valence-electron chi connectivity index (χ2n) is 6.09. The molecule has 0 aliphatic heterocycles. The fourth-order valence-corrected chi connectivity index (χ4v) is 4.02. The minimum Gasteiger partial charge on any atom is -0.494 e. The standard InChI is InChI=1S/C20H24N2O4S/c1-3-20(15-21,16-26-19-12-10-18(11-13-19)25-4-2)22-27(23,24)14-17-8-6-5-7-9-17/h5-13,22H,3-4,14,16H2,1-2H3. The van der Waals surface area contributed by atoms with E-state index in [0.717, 1.165) is 5.75 Å². The van der Waals surface area contributed by atoms with Crippen LogP contribution in [0.3, 0.4) is 0 Å². The molecule has 0 aliphatic carbocycles. The first-order valence-corrected chi connectivity index (χ1v) is 10.4. The van der Waals surface area contributed by atoms with Gasteiger partial charge in [0, 0.05) is 0 Å². The summed E-state index contributed by atoms with van der Waals surface area (Å²) >= 11 is 0. The van der Waals surface area contributed by atoms with E-state index < -0.39 is 15.6 Å². The van der Waals surface area contributed by atoms with Crippen molar-refractivity contribution >= 4 is 10.0 Å². The normalized spacial score (nSPS) is 13.4. The van der Waals surface area contributed by atoms with Gasteiger partial charge < -0.3 is 9.47 Å². The molecule has 1 N–H and O–H groups in total. The van der Waals surface area contributed by atoms with Crippen molar-refractivity contribution in [3.8, 4) is 17.6 Å². The van der Waals surface area contributed by atoms with Crippen LogP contribution in [0.2, 0.25) is 0 Å². The van der Waals surface area contributed by atoms with Crippen LogP contribution in [-0.2, 0) is 15.8 Å². The third-order valence-corrected chi connectivity index (χ3v) is 5.40. The molecule has 2 aromatic rings. The monoisotopic (exact) mass is 388 g/mol. The highest BCUT2D eigenvalue weighted by molar-refractivity contribution is 7.88. The lowest BCUT2D eigenvalue weighted by Crippen LogP contribution is -2.51. The van der Waals surface area contributed by atoms with Crippen LogP contribution in [0, 0.1) is 11.3 Å². The fraction of sp³-hybridized carbons (Fsp3) is 0.350. The first-order valence-electron chi connectivity index (χ1n) is 8.74. The Morgan fingerprint density at radius 1 is 1.00 bits per heavy atom. The second kappa shape index (κ2) is 9.40. The summed E-state index contributed by atoms with van der Waals surface area (Å²) in [6.07, 6.45) is 0.272. The summed E-state index contributed by atoms with van der Waals surface area (Å²) in [5.41, 5.74) is -0.688. The van der Waals surface area contributed by atoms with Crippen LogP contribution in [0.15, 0.2) is 54.6 Å². The van der Waals surface area contributed by atoms with Crippen molar-refractivity contribution in [3.63, 3.8) is 0 Å². The maximum atomic E-state index is 12.5. The fourth-order valence-electron chi connectivity index (χ4n) is 2.47. The van der Waals surface area contributed by atoms with Gasteiger partial charge in [-0.3, -0.25) is 0 Å². The summed E-state index contributed by atoms with van der Waals surface area (Å²) in [5, 5.41) is 9.62. The number of nitrogens with zero attached hydrogens (tertiary/aromatic N) is 1. The van der Waals surface area contributed by atoms with Crippen molar-refractivity contribution in [3.05, 3.63) is 60.2 Å². The van der Waals surface area contributed by atoms with Crippen LogP contribution in [0.5, 0.6) is 11.5 Å². The van der Waals surface area contributed by atoms with Crippen molar-refractivity contribution < 1.29 is 17.9 Å². The van der Waals surface area contributed by atoms with Gasteiger partial charge >= 0.3 is 0 Å². The van der Waals surface area contributed by atoms with Gasteiger partial charge in [-0.25, -0.2) is 8.42 Å². The van der Waals surface area contributed by atoms with Crippen LogP contribution >= 0.6 is 0 Å². The average molecular weight is 388 g/mol. The molecule has 0 bridgehead atoms. The quantitative estimate of drug-likeness (QED) is 0.675. The second-order valence-corrected chi connectivity index (χ2v) is 7.81. The molecule has 2 aromatic carbocycles. The van der Waals surface area contributed by atoms with E-state index in [1.807, 2.05) is 13.0 Å². The molecule has 1 atom stereocenters. The molecule has 0 saturated carbocycles. The molecule has 1 unspecified atom stereocenters.